The van der Waals surface area contributed by atoms with E-state index in [2.05, 4.69) is 5.32 Å². The highest BCUT2D eigenvalue weighted by atomic mass is 32.2. The Hall–Kier alpha value is -2.47. The van der Waals surface area contributed by atoms with Crippen LogP contribution in [0.3, 0.4) is 0 Å². The number of likely N-dealkylation sites (tertiary alicyclic amines) is 1. The third-order valence-electron chi connectivity index (χ3n) is 4.87. The molecule has 1 fully saturated rings. The predicted octanol–water partition coefficient (Wildman–Crippen LogP) is 3.72. The Kier molecular flexibility index (Phi) is 4.59. The van der Waals surface area contributed by atoms with Crippen molar-refractivity contribution in [2.45, 2.75) is 23.8 Å². The lowest BCUT2D eigenvalue weighted by atomic mass is 10.0. The molecule has 0 saturated carbocycles. The standard InChI is InChI=1S/C20H20N2O3S/c1-25-15-7-4-13(5-8-15)17-3-2-10-22(17)20(24)14-6-9-18-16(11-14)21-19(23)12-26-18/h4-9,11,17H,2-3,10,12H2,1H3,(H,21,23)/t17-/m1/s1. The molecule has 1 atom stereocenters. The molecular weight excluding hydrogens is 348 g/mol. The first-order valence-corrected chi connectivity index (χ1v) is 9.66. The van der Waals surface area contributed by atoms with Crippen LogP contribution in [0.4, 0.5) is 5.69 Å². The number of methoxy groups -OCH3 is 1. The Bertz CT molecular complexity index is 851. The van der Waals surface area contributed by atoms with E-state index >= 15 is 0 Å². The van der Waals surface area contributed by atoms with E-state index in [1.807, 2.05) is 41.3 Å². The average Bonchev–Trinajstić information content (AvgIpc) is 3.16. The Morgan fingerprint density at radius 3 is 2.81 bits per heavy atom. The summed E-state index contributed by atoms with van der Waals surface area (Å²) in [6.07, 6.45) is 1.94. The Morgan fingerprint density at radius 1 is 1.23 bits per heavy atom. The van der Waals surface area contributed by atoms with Gasteiger partial charge in [0.1, 0.15) is 5.75 Å². The monoisotopic (exact) mass is 368 g/mol. The minimum Gasteiger partial charge on any atom is -0.497 e. The van der Waals surface area contributed by atoms with Crippen molar-refractivity contribution >= 4 is 29.3 Å². The minimum absolute atomic E-state index is 0.0101. The van der Waals surface area contributed by atoms with Crippen LogP contribution in [0.15, 0.2) is 47.4 Å². The number of amides is 2. The van der Waals surface area contributed by atoms with Crippen LogP contribution < -0.4 is 10.1 Å². The maximum absolute atomic E-state index is 13.1. The van der Waals surface area contributed by atoms with Gasteiger partial charge in [0.05, 0.1) is 24.6 Å². The van der Waals surface area contributed by atoms with Crippen molar-refractivity contribution in [2.75, 3.05) is 24.7 Å². The maximum atomic E-state index is 13.1. The van der Waals surface area contributed by atoms with Gasteiger partial charge in [0.25, 0.3) is 5.91 Å². The zero-order valence-electron chi connectivity index (χ0n) is 14.5. The van der Waals surface area contributed by atoms with E-state index < -0.39 is 0 Å². The zero-order valence-corrected chi connectivity index (χ0v) is 15.3. The normalized spacial score (nSPS) is 19.0. The molecule has 0 aliphatic carbocycles. The Morgan fingerprint density at radius 2 is 2.04 bits per heavy atom. The number of benzene rings is 2. The van der Waals surface area contributed by atoms with Gasteiger partial charge >= 0.3 is 0 Å². The topological polar surface area (TPSA) is 58.6 Å². The fourth-order valence-corrected chi connectivity index (χ4v) is 4.35. The largest absolute Gasteiger partial charge is 0.497 e. The number of ether oxygens (including phenoxy) is 1. The van der Waals surface area contributed by atoms with Gasteiger partial charge in [-0.05, 0) is 48.7 Å². The molecule has 0 radical (unpaired) electrons. The van der Waals surface area contributed by atoms with Crippen LogP contribution in [0.25, 0.3) is 0 Å². The lowest BCUT2D eigenvalue weighted by Gasteiger charge is -2.26. The average molecular weight is 368 g/mol. The molecule has 2 amide bonds. The molecule has 0 bridgehead atoms. The summed E-state index contributed by atoms with van der Waals surface area (Å²) in [5, 5.41) is 2.86. The van der Waals surface area contributed by atoms with Gasteiger partial charge in [0.2, 0.25) is 5.91 Å². The molecule has 6 heteroatoms. The summed E-state index contributed by atoms with van der Waals surface area (Å²) in [5.74, 6) is 1.22. The molecular formula is C20H20N2O3S. The summed E-state index contributed by atoms with van der Waals surface area (Å²) in [6, 6.07) is 13.6. The Labute approximate surface area is 156 Å². The summed E-state index contributed by atoms with van der Waals surface area (Å²) < 4.78 is 5.22. The number of carbonyl (C=O) groups excluding carboxylic acids is 2. The van der Waals surface area contributed by atoms with Crippen molar-refractivity contribution in [3.8, 4) is 5.75 Å². The van der Waals surface area contributed by atoms with Crippen LogP contribution >= 0.6 is 11.8 Å². The summed E-state index contributed by atoms with van der Waals surface area (Å²) in [4.78, 5) is 27.7. The van der Waals surface area contributed by atoms with Crippen molar-refractivity contribution in [2.24, 2.45) is 0 Å². The second-order valence-corrected chi connectivity index (χ2v) is 7.49. The van der Waals surface area contributed by atoms with Crippen LogP contribution in [0.1, 0.15) is 34.8 Å². The molecule has 1 N–H and O–H groups in total. The van der Waals surface area contributed by atoms with Crippen molar-refractivity contribution in [3.05, 3.63) is 53.6 Å². The van der Waals surface area contributed by atoms with Gasteiger partial charge in [-0.1, -0.05) is 12.1 Å². The number of hydrogen-bond acceptors (Lipinski definition) is 4. The van der Waals surface area contributed by atoms with E-state index in [-0.39, 0.29) is 17.9 Å². The molecule has 1 saturated heterocycles. The van der Waals surface area contributed by atoms with E-state index in [1.165, 1.54) is 11.8 Å². The molecule has 0 aromatic heterocycles. The van der Waals surface area contributed by atoms with Crippen molar-refractivity contribution in [3.63, 3.8) is 0 Å². The number of anilines is 1. The highest BCUT2D eigenvalue weighted by molar-refractivity contribution is 8.00. The first kappa shape index (κ1) is 17.0. The highest BCUT2D eigenvalue weighted by Crippen LogP contribution is 2.36. The van der Waals surface area contributed by atoms with E-state index in [1.54, 1.807) is 13.2 Å². The van der Waals surface area contributed by atoms with Crippen LogP contribution in [0, 0.1) is 0 Å². The molecule has 2 aliphatic heterocycles. The van der Waals surface area contributed by atoms with Crippen LogP contribution in [0.2, 0.25) is 0 Å². The molecule has 4 rings (SSSR count). The first-order valence-electron chi connectivity index (χ1n) is 8.67. The van der Waals surface area contributed by atoms with E-state index in [9.17, 15) is 9.59 Å². The smallest absolute Gasteiger partial charge is 0.254 e. The lowest BCUT2D eigenvalue weighted by molar-refractivity contribution is -0.113. The van der Waals surface area contributed by atoms with Crippen LogP contribution in [-0.4, -0.2) is 36.1 Å². The van der Waals surface area contributed by atoms with Gasteiger partial charge in [-0.3, -0.25) is 9.59 Å². The molecule has 2 aliphatic rings. The van der Waals surface area contributed by atoms with Crippen molar-refractivity contribution in [1.29, 1.82) is 0 Å². The molecule has 0 unspecified atom stereocenters. The van der Waals surface area contributed by atoms with E-state index in [0.29, 0.717) is 11.3 Å². The van der Waals surface area contributed by atoms with Crippen molar-refractivity contribution < 1.29 is 14.3 Å². The van der Waals surface area contributed by atoms with E-state index in [4.69, 9.17) is 4.74 Å². The summed E-state index contributed by atoms with van der Waals surface area (Å²) in [6.45, 7) is 0.744. The zero-order chi connectivity index (χ0) is 18.1. The third-order valence-corrected chi connectivity index (χ3v) is 5.95. The predicted molar refractivity (Wildman–Crippen MR) is 102 cm³/mol. The van der Waals surface area contributed by atoms with Gasteiger partial charge in [-0.25, -0.2) is 0 Å². The molecule has 5 nitrogen and oxygen atoms in total. The van der Waals surface area contributed by atoms with Gasteiger partial charge < -0.3 is 15.0 Å². The maximum Gasteiger partial charge on any atom is 0.254 e. The molecule has 2 aromatic rings. The number of carbonyl (C=O) groups is 2. The number of thioether (sulfide) groups is 1. The molecule has 2 aromatic carbocycles. The van der Waals surface area contributed by atoms with Crippen molar-refractivity contribution in [1.82, 2.24) is 4.90 Å². The lowest BCUT2D eigenvalue weighted by Crippen LogP contribution is -2.30. The van der Waals surface area contributed by atoms with Gasteiger partial charge in [0.15, 0.2) is 0 Å². The molecule has 26 heavy (non-hydrogen) atoms. The number of rotatable bonds is 3. The van der Waals surface area contributed by atoms with Gasteiger partial charge in [0, 0.05) is 17.0 Å². The quantitative estimate of drug-likeness (QED) is 0.897. The Balaban J connectivity index is 1.58. The molecule has 2 heterocycles. The van der Waals surface area contributed by atoms with Gasteiger partial charge in [-0.15, -0.1) is 11.8 Å². The van der Waals surface area contributed by atoms with Crippen LogP contribution in [0.5, 0.6) is 5.75 Å². The molecule has 134 valence electrons. The summed E-state index contributed by atoms with van der Waals surface area (Å²) >= 11 is 1.50. The summed E-state index contributed by atoms with van der Waals surface area (Å²) in [7, 11) is 1.65. The number of nitrogens with one attached hydrogen (secondary N) is 1. The summed E-state index contributed by atoms with van der Waals surface area (Å²) in [5.41, 5.74) is 2.47. The van der Waals surface area contributed by atoms with Gasteiger partial charge in [-0.2, -0.15) is 0 Å². The third kappa shape index (κ3) is 3.17. The second kappa shape index (κ2) is 7.03. The number of hydrogen-bond donors (Lipinski definition) is 1. The number of fused-ring (bicyclic) bond motifs is 1. The fourth-order valence-electron chi connectivity index (χ4n) is 3.56. The van der Waals surface area contributed by atoms with E-state index in [0.717, 1.165) is 41.3 Å². The minimum atomic E-state index is -0.0237. The fraction of sp³-hybridized carbons (Fsp3) is 0.300. The highest BCUT2D eigenvalue weighted by Gasteiger charge is 2.31. The molecule has 0 spiro atoms. The number of nitrogens with zero attached hydrogens (tertiary/aromatic N) is 1. The second-order valence-electron chi connectivity index (χ2n) is 6.48. The van der Waals surface area contributed by atoms with Crippen LogP contribution in [-0.2, 0) is 4.79 Å². The first-order chi connectivity index (χ1) is 12.7. The SMILES string of the molecule is COc1ccc([C@H]2CCCN2C(=O)c2ccc3c(c2)NC(=O)CS3)cc1.